The molecule has 0 amide bonds. The van der Waals surface area contributed by atoms with Crippen LogP contribution in [0.5, 0.6) is 0 Å². The molecule has 0 aliphatic carbocycles. The highest BCUT2D eigenvalue weighted by atomic mass is 32.2. The van der Waals surface area contributed by atoms with Crippen molar-refractivity contribution in [3.63, 3.8) is 0 Å². The Bertz CT molecular complexity index is 1450. The number of aryl methyl sites for hydroxylation is 2. The van der Waals surface area contributed by atoms with Gasteiger partial charge >= 0.3 is 5.97 Å². The van der Waals surface area contributed by atoms with Crippen LogP contribution in [-0.2, 0) is 33.9 Å². The molecule has 1 heterocycles. The zero-order valence-corrected chi connectivity index (χ0v) is 20.7. The molecule has 0 bridgehead atoms. The topological polar surface area (TPSA) is 112 Å². The predicted molar refractivity (Wildman–Crippen MR) is 136 cm³/mol. The minimum absolute atomic E-state index is 0.0599. The summed E-state index contributed by atoms with van der Waals surface area (Å²) in [6.45, 7) is 0. The number of carbonyl (C=O) groups is 1. The Labute approximate surface area is 209 Å². The molecule has 180 valence electrons. The molecule has 4 rings (SSSR count). The van der Waals surface area contributed by atoms with E-state index in [0.29, 0.717) is 23.5 Å². The van der Waals surface area contributed by atoms with E-state index >= 15 is 0 Å². The van der Waals surface area contributed by atoms with Gasteiger partial charge < -0.3 is 5.11 Å². The molecule has 35 heavy (non-hydrogen) atoms. The third-order valence-corrected chi connectivity index (χ3v) is 9.00. The number of hydrogen-bond acceptors (Lipinski definition) is 5. The van der Waals surface area contributed by atoms with Gasteiger partial charge in [-0.1, -0.05) is 42.5 Å². The molecule has 4 aromatic rings. The van der Waals surface area contributed by atoms with Gasteiger partial charge in [0.25, 0.3) is 11.3 Å². The van der Waals surface area contributed by atoms with Crippen LogP contribution in [0.4, 0.5) is 10.7 Å². The molecule has 0 aliphatic rings. The van der Waals surface area contributed by atoms with Gasteiger partial charge in [-0.2, -0.15) is 0 Å². The second kappa shape index (κ2) is 10.5. The maximum absolute atomic E-state index is 12.9. The van der Waals surface area contributed by atoms with Crippen molar-refractivity contribution in [3.8, 4) is 0 Å². The summed E-state index contributed by atoms with van der Waals surface area (Å²) < 4.78 is 49.0. The van der Waals surface area contributed by atoms with E-state index in [4.69, 9.17) is 5.11 Å². The highest BCUT2D eigenvalue weighted by molar-refractivity contribution is 7.91. The molecule has 2 N–H and O–H groups in total. The number of benzene rings is 3. The summed E-state index contributed by atoms with van der Waals surface area (Å²) in [6, 6.07) is 23.2. The first-order valence-electron chi connectivity index (χ1n) is 10.5. The smallest absolute Gasteiger partial charge is 0.335 e. The van der Waals surface area contributed by atoms with Crippen LogP contribution in [0.2, 0.25) is 0 Å². The summed E-state index contributed by atoms with van der Waals surface area (Å²) in [5.41, 5.74) is 2.69. The van der Waals surface area contributed by atoms with Crippen molar-refractivity contribution in [2.45, 2.75) is 22.6 Å². The third-order valence-electron chi connectivity index (χ3n) is 5.36. The lowest BCUT2D eigenvalue weighted by Gasteiger charge is -2.18. The van der Waals surface area contributed by atoms with Gasteiger partial charge in [0, 0.05) is 5.38 Å². The zero-order valence-electron chi connectivity index (χ0n) is 18.3. The molecule has 1 atom stereocenters. The summed E-state index contributed by atoms with van der Waals surface area (Å²) in [5.74, 6) is -0.964. The summed E-state index contributed by atoms with van der Waals surface area (Å²) >= 11 is -1.34. The highest BCUT2D eigenvalue weighted by Crippen LogP contribution is 2.36. The Morgan fingerprint density at radius 3 is 1.97 bits per heavy atom. The van der Waals surface area contributed by atoms with E-state index in [0.717, 1.165) is 22.5 Å². The number of rotatable bonds is 9. The first-order valence-corrected chi connectivity index (χ1v) is 13.9. The number of sulfone groups is 1. The molecular formula is C25H21NO6S3. The van der Waals surface area contributed by atoms with Crippen LogP contribution in [-0.4, -0.2) is 28.3 Å². The summed E-state index contributed by atoms with van der Waals surface area (Å²) in [5, 5.41) is 10.8. The Balaban J connectivity index is 1.50. The number of carboxylic acid groups (broad SMARTS) is 1. The van der Waals surface area contributed by atoms with Crippen molar-refractivity contribution in [2.75, 3.05) is 4.31 Å². The van der Waals surface area contributed by atoms with Crippen molar-refractivity contribution < 1.29 is 27.1 Å². The number of carboxylic acids is 1. The van der Waals surface area contributed by atoms with E-state index in [1.54, 1.807) is 54.6 Å². The Morgan fingerprint density at radius 1 is 0.857 bits per heavy atom. The average molecular weight is 528 g/mol. The fraction of sp³-hybridized carbons (Fsp3) is 0.0800. The Hall–Kier alpha value is -3.31. The van der Waals surface area contributed by atoms with Crippen LogP contribution in [0.3, 0.4) is 0 Å². The molecule has 0 aliphatic heterocycles. The molecule has 0 fully saturated rings. The minimum Gasteiger partial charge on any atom is -0.478 e. The quantitative estimate of drug-likeness (QED) is 0.284. The highest BCUT2D eigenvalue weighted by Gasteiger charge is 2.23. The first-order chi connectivity index (χ1) is 16.8. The largest absolute Gasteiger partial charge is 0.478 e. The zero-order chi connectivity index (χ0) is 25.0. The molecule has 3 aromatic carbocycles. The molecule has 0 spiro atoms. The Kier molecular flexibility index (Phi) is 7.46. The lowest BCUT2D eigenvalue weighted by molar-refractivity contribution is 0.0697. The van der Waals surface area contributed by atoms with E-state index in [2.05, 4.69) is 0 Å². The lowest BCUT2D eigenvalue weighted by Crippen LogP contribution is -2.18. The van der Waals surface area contributed by atoms with Crippen LogP contribution in [0.1, 0.15) is 21.5 Å². The minimum atomic E-state index is -3.74. The average Bonchev–Trinajstić information content (AvgIpc) is 3.35. The van der Waals surface area contributed by atoms with Crippen molar-refractivity contribution in [2.24, 2.45) is 0 Å². The van der Waals surface area contributed by atoms with Crippen LogP contribution in [0, 0.1) is 0 Å². The summed E-state index contributed by atoms with van der Waals surface area (Å²) in [4.78, 5) is 11.2. The van der Waals surface area contributed by atoms with Crippen LogP contribution in [0.25, 0.3) is 0 Å². The third kappa shape index (κ3) is 5.68. The van der Waals surface area contributed by atoms with Gasteiger partial charge in [0.2, 0.25) is 9.84 Å². The van der Waals surface area contributed by atoms with Gasteiger partial charge in [-0.05, 0) is 66.4 Å². The molecule has 1 unspecified atom stereocenters. The fourth-order valence-corrected chi connectivity index (χ4v) is 6.80. The molecule has 0 saturated carbocycles. The number of nitrogens with zero attached hydrogens (tertiary/aromatic N) is 1. The monoisotopic (exact) mass is 527 g/mol. The van der Waals surface area contributed by atoms with Gasteiger partial charge in [0.05, 0.1) is 21.0 Å². The normalized spacial score (nSPS) is 12.3. The first kappa shape index (κ1) is 24.8. The van der Waals surface area contributed by atoms with Gasteiger partial charge in [-0.15, -0.1) is 11.3 Å². The maximum atomic E-state index is 12.9. The van der Waals surface area contributed by atoms with Crippen molar-refractivity contribution >= 4 is 49.1 Å². The fourth-order valence-electron chi connectivity index (χ4n) is 3.49. The standard InChI is InChI=1S/C25H21NO6S3/c27-25(28)20-12-8-18(9-13-20)6-7-19-10-14-21(15-11-19)26(34(29)30)24-16-23(17-33-24)35(31,32)22-4-2-1-3-5-22/h1-5,8-17H,6-7H2,(H,27,28)(H,29,30). The second-order valence-electron chi connectivity index (χ2n) is 7.63. The molecule has 7 nitrogen and oxygen atoms in total. The lowest BCUT2D eigenvalue weighted by atomic mass is 10.0. The molecule has 10 heteroatoms. The number of thiophene rings is 1. The van der Waals surface area contributed by atoms with Gasteiger partial charge in [0.15, 0.2) is 0 Å². The van der Waals surface area contributed by atoms with Crippen LogP contribution < -0.4 is 4.31 Å². The van der Waals surface area contributed by atoms with E-state index < -0.39 is 27.1 Å². The van der Waals surface area contributed by atoms with Gasteiger partial charge in [-0.3, -0.25) is 4.55 Å². The Morgan fingerprint density at radius 2 is 1.43 bits per heavy atom. The molecule has 0 radical (unpaired) electrons. The molecular weight excluding hydrogens is 506 g/mol. The molecule has 0 saturated heterocycles. The maximum Gasteiger partial charge on any atom is 0.335 e. The van der Waals surface area contributed by atoms with Crippen LogP contribution >= 0.6 is 11.3 Å². The van der Waals surface area contributed by atoms with E-state index in [1.165, 1.54) is 27.9 Å². The van der Waals surface area contributed by atoms with E-state index in [9.17, 15) is 22.0 Å². The number of hydrogen-bond donors (Lipinski definition) is 2. The number of anilines is 2. The van der Waals surface area contributed by atoms with Crippen molar-refractivity contribution in [1.29, 1.82) is 0 Å². The van der Waals surface area contributed by atoms with Crippen LogP contribution in [0.15, 0.2) is 100 Å². The summed E-state index contributed by atoms with van der Waals surface area (Å²) in [6.07, 6.45) is 1.41. The SMILES string of the molecule is O=C(O)c1ccc(CCc2ccc(N(c3cc(S(=O)(=O)c4ccccc4)cs3)S(=O)O)cc2)cc1. The van der Waals surface area contributed by atoms with Gasteiger partial charge in [-0.25, -0.2) is 21.7 Å². The number of aromatic carboxylic acids is 1. The second-order valence-corrected chi connectivity index (χ2v) is 11.3. The predicted octanol–water partition coefficient (Wildman–Crippen LogP) is 5.34. The molecule has 1 aromatic heterocycles. The van der Waals surface area contributed by atoms with Crippen molar-refractivity contribution in [3.05, 3.63) is 107 Å². The van der Waals surface area contributed by atoms with E-state index in [-0.39, 0.29) is 15.4 Å². The van der Waals surface area contributed by atoms with E-state index in [1.807, 2.05) is 12.1 Å². The summed E-state index contributed by atoms with van der Waals surface area (Å²) in [7, 11) is -3.74. The van der Waals surface area contributed by atoms with Gasteiger partial charge in [0.1, 0.15) is 5.00 Å². The van der Waals surface area contributed by atoms with Crippen molar-refractivity contribution in [1.82, 2.24) is 0 Å².